The average molecular weight is 279 g/mol. The number of alkyl halides is 4. The maximum atomic E-state index is 12.3. The van der Waals surface area contributed by atoms with Crippen molar-refractivity contribution in [2.75, 3.05) is 5.88 Å². The van der Waals surface area contributed by atoms with E-state index < -0.39 is 6.36 Å². The summed E-state index contributed by atoms with van der Waals surface area (Å²) >= 11 is 5.85. The van der Waals surface area contributed by atoms with Gasteiger partial charge in [-0.15, -0.1) is 24.8 Å². The third-order valence-corrected chi connectivity index (χ3v) is 4.03. The zero-order chi connectivity index (χ0) is 13.6. The van der Waals surface area contributed by atoms with Crippen LogP contribution in [0.15, 0.2) is 24.3 Å². The van der Waals surface area contributed by atoms with E-state index in [9.17, 15) is 13.2 Å². The first-order valence-corrected chi connectivity index (χ1v) is 6.21. The Hall–Kier alpha value is -0.900. The Labute approximate surface area is 109 Å². The van der Waals surface area contributed by atoms with Gasteiger partial charge in [-0.2, -0.15) is 0 Å². The van der Waals surface area contributed by atoms with Crippen LogP contribution in [-0.2, 0) is 0 Å². The summed E-state index contributed by atoms with van der Waals surface area (Å²) in [5.74, 6) is 0.541. The maximum Gasteiger partial charge on any atom is 0.573 e. The monoisotopic (exact) mass is 278 g/mol. The van der Waals surface area contributed by atoms with E-state index in [1.807, 2.05) is 13.8 Å². The Balaban J connectivity index is 2.30. The van der Waals surface area contributed by atoms with Gasteiger partial charge >= 0.3 is 6.36 Å². The van der Waals surface area contributed by atoms with Crippen molar-refractivity contribution < 1.29 is 17.9 Å². The summed E-state index contributed by atoms with van der Waals surface area (Å²) in [6.07, 6.45) is -4.66. The molecule has 0 aliphatic heterocycles. The van der Waals surface area contributed by atoms with E-state index in [0.29, 0.717) is 11.4 Å². The molecule has 1 aliphatic carbocycles. The van der Waals surface area contributed by atoms with Gasteiger partial charge in [0.05, 0.1) is 0 Å². The van der Waals surface area contributed by atoms with Crippen LogP contribution in [0, 0.1) is 11.3 Å². The highest BCUT2D eigenvalue weighted by molar-refractivity contribution is 6.18. The number of rotatable bonds is 3. The zero-order valence-corrected chi connectivity index (χ0v) is 10.8. The lowest BCUT2D eigenvalue weighted by Crippen LogP contribution is -2.18. The summed E-state index contributed by atoms with van der Waals surface area (Å²) in [5.41, 5.74) is 0.512. The quantitative estimate of drug-likeness (QED) is 0.736. The van der Waals surface area contributed by atoms with Crippen molar-refractivity contribution in [1.82, 2.24) is 0 Å². The van der Waals surface area contributed by atoms with E-state index in [-0.39, 0.29) is 23.0 Å². The van der Waals surface area contributed by atoms with Crippen molar-refractivity contribution in [2.45, 2.75) is 26.1 Å². The number of benzene rings is 1. The van der Waals surface area contributed by atoms with Gasteiger partial charge in [0.2, 0.25) is 0 Å². The molecule has 18 heavy (non-hydrogen) atoms. The van der Waals surface area contributed by atoms with Crippen LogP contribution in [0.4, 0.5) is 13.2 Å². The first-order chi connectivity index (χ1) is 8.27. The number of hydrogen-bond donors (Lipinski definition) is 0. The van der Waals surface area contributed by atoms with Crippen LogP contribution in [0.2, 0.25) is 0 Å². The van der Waals surface area contributed by atoms with Crippen LogP contribution in [0.3, 0.4) is 0 Å². The smallest absolute Gasteiger partial charge is 0.405 e. The van der Waals surface area contributed by atoms with Crippen LogP contribution in [0.5, 0.6) is 5.75 Å². The highest BCUT2D eigenvalue weighted by Gasteiger charge is 2.58. The molecule has 1 aliphatic rings. The highest BCUT2D eigenvalue weighted by Crippen LogP contribution is 2.66. The molecule has 0 heterocycles. The van der Waals surface area contributed by atoms with E-state index >= 15 is 0 Å². The van der Waals surface area contributed by atoms with Crippen LogP contribution in [0.1, 0.15) is 25.3 Å². The highest BCUT2D eigenvalue weighted by atomic mass is 35.5. The first kappa shape index (κ1) is 13.5. The van der Waals surface area contributed by atoms with Crippen LogP contribution in [0.25, 0.3) is 0 Å². The third-order valence-electron chi connectivity index (χ3n) is 3.70. The van der Waals surface area contributed by atoms with Gasteiger partial charge in [0.15, 0.2) is 0 Å². The predicted octanol–water partition coefficient (Wildman–Crippen LogP) is 4.56. The molecule has 1 aromatic carbocycles. The molecular weight excluding hydrogens is 265 g/mol. The molecule has 2 unspecified atom stereocenters. The molecule has 5 heteroatoms. The van der Waals surface area contributed by atoms with Crippen molar-refractivity contribution in [3.8, 4) is 5.75 Å². The summed E-state index contributed by atoms with van der Waals surface area (Å²) in [6, 6.07) is 6.29. The second kappa shape index (κ2) is 4.34. The zero-order valence-electron chi connectivity index (χ0n) is 10.1. The lowest BCUT2D eigenvalue weighted by Gasteiger charge is -2.13. The number of ether oxygens (including phenoxy) is 1. The number of halogens is 4. The van der Waals surface area contributed by atoms with Crippen molar-refractivity contribution in [2.24, 2.45) is 11.3 Å². The molecule has 0 radical (unpaired) electrons. The Morgan fingerprint density at radius 2 is 1.89 bits per heavy atom. The molecule has 0 saturated heterocycles. The van der Waals surface area contributed by atoms with Gasteiger partial charge in [-0.25, -0.2) is 0 Å². The van der Waals surface area contributed by atoms with E-state index in [0.717, 1.165) is 0 Å². The predicted molar refractivity (Wildman–Crippen MR) is 63.9 cm³/mol. The lowest BCUT2D eigenvalue weighted by atomic mass is 10.0. The Kier molecular flexibility index (Phi) is 3.26. The summed E-state index contributed by atoms with van der Waals surface area (Å²) < 4.78 is 41.1. The van der Waals surface area contributed by atoms with Crippen LogP contribution in [-0.4, -0.2) is 12.2 Å². The molecule has 0 aromatic heterocycles. The Bertz CT molecular complexity index is 442. The molecule has 1 saturated carbocycles. The van der Waals surface area contributed by atoms with E-state index in [2.05, 4.69) is 4.74 Å². The molecule has 100 valence electrons. The van der Waals surface area contributed by atoms with E-state index in [1.165, 1.54) is 12.1 Å². The summed E-state index contributed by atoms with van der Waals surface area (Å²) in [4.78, 5) is 0. The fourth-order valence-electron chi connectivity index (χ4n) is 2.60. The normalized spacial score (nSPS) is 25.9. The average Bonchev–Trinajstić information content (AvgIpc) is 2.79. The van der Waals surface area contributed by atoms with Crippen molar-refractivity contribution in [3.05, 3.63) is 29.8 Å². The van der Waals surface area contributed by atoms with Gasteiger partial charge in [0.1, 0.15) is 5.75 Å². The van der Waals surface area contributed by atoms with E-state index in [1.54, 1.807) is 12.1 Å². The molecule has 1 aromatic rings. The molecule has 1 nitrogen and oxygen atoms in total. The Morgan fingerprint density at radius 3 is 2.39 bits per heavy atom. The number of para-hydroxylation sites is 1. The van der Waals surface area contributed by atoms with Gasteiger partial charge in [0, 0.05) is 5.88 Å². The van der Waals surface area contributed by atoms with Gasteiger partial charge in [0.25, 0.3) is 0 Å². The van der Waals surface area contributed by atoms with Crippen molar-refractivity contribution in [1.29, 1.82) is 0 Å². The molecule has 0 amide bonds. The van der Waals surface area contributed by atoms with Crippen LogP contribution < -0.4 is 4.74 Å². The lowest BCUT2D eigenvalue weighted by molar-refractivity contribution is -0.274. The molecule has 0 bridgehead atoms. The molecule has 1 fully saturated rings. The molecular formula is C13H14ClF3O. The minimum absolute atomic E-state index is 0.0218. The molecule has 2 rings (SSSR count). The maximum absolute atomic E-state index is 12.3. The molecule has 0 spiro atoms. The fourth-order valence-corrected chi connectivity index (χ4v) is 3.18. The number of hydrogen-bond acceptors (Lipinski definition) is 1. The fraction of sp³-hybridized carbons (Fsp3) is 0.538. The third kappa shape index (κ3) is 2.44. The first-order valence-electron chi connectivity index (χ1n) is 5.68. The topological polar surface area (TPSA) is 9.23 Å². The summed E-state index contributed by atoms with van der Waals surface area (Å²) in [7, 11) is 0. The second-order valence-electron chi connectivity index (χ2n) is 5.15. The van der Waals surface area contributed by atoms with Gasteiger partial charge in [-0.1, -0.05) is 32.0 Å². The van der Waals surface area contributed by atoms with Crippen molar-refractivity contribution >= 4 is 11.6 Å². The van der Waals surface area contributed by atoms with Gasteiger partial charge < -0.3 is 4.74 Å². The molecule has 0 N–H and O–H groups in total. The van der Waals surface area contributed by atoms with Gasteiger partial charge in [-0.05, 0) is 28.9 Å². The van der Waals surface area contributed by atoms with Crippen LogP contribution >= 0.6 is 11.6 Å². The molecule has 2 atom stereocenters. The summed E-state index contributed by atoms with van der Waals surface area (Å²) in [5, 5.41) is 0. The van der Waals surface area contributed by atoms with E-state index in [4.69, 9.17) is 11.6 Å². The standard InChI is InChI=1S/C13H14ClF3O/c1-12(2)9(7-14)11(12)8-5-3-4-6-10(8)18-13(15,16)17/h3-6,9,11H,7H2,1-2H3. The largest absolute Gasteiger partial charge is 0.573 e. The minimum atomic E-state index is -4.66. The second-order valence-corrected chi connectivity index (χ2v) is 5.45. The minimum Gasteiger partial charge on any atom is -0.405 e. The Morgan fingerprint density at radius 1 is 1.28 bits per heavy atom. The van der Waals surface area contributed by atoms with Gasteiger partial charge in [-0.3, -0.25) is 0 Å². The SMILES string of the molecule is CC1(C)C(CCl)C1c1ccccc1OC(F)(F)F. The van der Waals surface area contributed by atoms with Crippen molar-refractivity contribution in [3.63, 3.8) is 0 Å². The summed E-state index contributed by atoms with van der Waals surface area (Å²) in [6.45, 7) is 4.02.